The number of nitrogens with one attached hydrogen (secondary N) is 1. The van der Waals surface area contributed by atoms with Gasteiger partial charge in [0, 0.05) is 38.3 Å². The maximum atomic E-state index is 12.4. The quantitative estimate of drug-likeness (QED) is 0.691. The molecule has 0 bridgehead atoms. The second kappa shape index (κ2) is 9.67. The number of carbonyl (C=O) groups is 1. The van der Waals surface area contributed by atoms with E-state index >= 15 is 0 Å². The van der Waals surface area contributed by atoms with Crippen LogP contribution in [-0.4, -0.2) is 61.8 Å². The Hall–Kier alpha value is -2.99. The molecular weight excluding hydrogens is 378 g/mol. The van der Waals surface area contributed by atoms with E-state index in [1.54, 1.807) is 6.07 Å². The molecule has 2 N–H and O–H groups in total. The van der Waals surface area contributed by atoms with Crippen LogP contribution in [0.2, 0.25) is 0 Å². The lowest BCUT2D eigenvalue weighted by Crippen LogP contribution is -2.46. The largest absolute Gasteiger partial charge is 0.506 e. The summed E-state index contributed by atoms with van der Waals surface area (Å²) in [5, 5.41) is 13.0. The molecule has 0 atom stereocenters. The zero-order valence-electron chi connectivity index (χ0n) is 17.2. The van der Waals surface area contributed by atoms with Crippen LogP contribution in [0.25, 0.3) is 6.08 Å². The van der Waals surface area contributed by atoms with Gasteiger partial charge in [0.2, 0.25) is 0 Å². The van der Waals surface area contributed by atoms with E-state index in [-0.39, 0.29) is 5.91 Å². The van der Waals surface area contributed by atoms with Crippen LogP contribution >= 0.6 is 0 Å². The van der Waals surface area contributed by atoms with E-state index in [1.165, 1.54) is 0 Å². The second-order valence-corrected chi connectivity index (χ2v) is 7.78. The van der Waals surface area contributed by atoms with Crippen molar-refractivity contribution in [1.29, 1.82) is 0 Å². The lowest BCUT2D eigenvalue weighted by Gasteiger charge is -2.36. The van der Waals surface area contributed by atoms with Gasteiger partial charge in [-0.2, -0.15) is 0 Å². The van der Waals surface area contributed by atoms with E-state index in [4.69, 9.17) is 4.74 Å². The van der Waals surface area contributed by atoms with Crippen molar-refractivity contribution < 1.29 is 14.6 Å². The molecule has 30 heavy (non-hydrogen) atoms. The number of rotatable bonds is 7. The van der Waals surface area contributed by atoms with Crippen LogP contribution in [0.4, 0.5) is 5.69 Å². The molecule has 2 aliphatic heterocycles. The molecule has 2 aliphatic rings. The van der Waals surface area contributed by atoms with Crippen LogP contribution in [0.1, 0.15) is 18.4 Å². The molecule has 6 heteroatoms. The van der Waals surface area contributed by atoms with Gasteiger partial charge >= 0.3 is 0 Å². The zero-order valence-corrected chi connectivity index (χ0v) is 17.2. The average Bonchev–Trinajstić information content (AvgIpc) is 2.79. The van der Waals surface area contributed by atoms with Gasteiger partial charge in [0.05, 0.1) is 11.3 Å². The number of hydrogen-bond acceptors (Lipinski definition) is 5. The summed E-state index contributed by atoms with van der Waals surface area (Å²) in [6, 6.07) is 15.3. The number of amides is 1. The van der Waals surface area contributed by atoms with Crippen molar-refractivity contribution in [2.75, 3.05) is 50.8 Å². The van der Waals surface area contributed by atoms with E-state index < -0.39 is 0 Å². The molecule has 1 saturated heterocycles. The van der Waals surface area contributed by atoms with Crippen LogP contribution in [-0.2, 0) is 4.79 Å². The van der Waals surface area contributed by atoms with Gasteiger partial charge < -0.3 is 20.1 Å². The predicted molar refractivity (Wildman–Crippen MR) is 119 cm³/mol. The van der Waals surface area contributed by atoms with Gasteiger partial charge in [-0.1, -0.05) is 30.3 Å². The lowest BCUT2D eigenvalue weighted by atomic mass is 10.1. The Morgan fingerprint density at radius 1 is 1.00 bits per heavy atom. The fraction of sp³-hybridized carbons (Fsp3) is 0.375. The highest BCUT2D eigenvalue weighted by Crippen LogP contribution is 2.27. The Kier molecular flexibility index (Phi) is 6.54. The van der Waals surface area contributed by atoms with E-state index in [1.807, 2.05) is 48.5 Å². The van der Waals surface area contributed by atoms with Crippen LogP contribution in [0, 0.1) is 0 Å². The molecular formula is C24H29N3O3. The van der Waals surface area contributed by atoms with Gasteiger partial charge in [-0.25, -0.2) is 0 Å². The van der Waals surface area contributed by atoms with Gasteiger partial charge in [-0.3, -0.25) is 9.69 Å². The van der Waals surface area contributed by atoms with E-state index in [9.17, 15) is 9.90 Å². The highest BCUT2D eigenvalue weighted by atomic mass is 16.5. The average molecular weight is 408 g/mol. The number of phenolic OH excluding ortho intramolecular Hbond substituents is 1. The normalized spacial score (nSPS) is 16.4. The van der Waals surface area contributed by atoms with Crippen molar-refractivity contribution in [3.63, 3.8) is 0 Å². The number of benzene rings is 2. The first-order chi connectivity index (χ1) is 14.7. The van der Waals surface area contributed by atoms with Crippen molar-refractivity contribution in [2.45, 2.75) is 12.8 Å². The van der Waals surface area contributed by atoms with Crippen molar-refractivity contribution in [2.24, 2.45) is 0 Å². The second-order valence-electron chi connectivity index (χ2n) is 7.78. The predicted octanol–water partition coefficient (Wildman–Crippen LogP) is 2.89. The van der Waals surface area contributed by atoms with Gasteiger partial charge in [0.25, 0.3) is 5.91 Å². The zero-order chi connectivity index (χ0) is 20.8. The number of anilines is 1. The molecule has 0 aliphatic carbocycles. The van der Waals surface area contributed by atoms with Gasteiger partial charge in [-0.15, -0.1) is 0 Å². The summed E-state index contributed by atoms with van der Waals surface area (Å²) in [6.07, 6.45) is 3.92. The van der Waals surface area contributed by atoms with Crippen LogP contribution in [0.15, 0.2) is 54.1 Å². The monoisotopic (exact) mass is 407 g/mol. The van der Waals surface area contributed by atoms with Crippen molar-refractivity contribution in [3.05, 3.63) is 59.7 Å². The molecule has 0 spiro atoms. The number of unbranched alkanes of at least 4 members (excludes halogenated alkanes) is 1. The molecule has 1 fully saturated rings. The molecule has 0 radical (unpaired) electrons. The summed E-state index contributed by atoms with van der Waals surface area (Å²) in [6.45, 7) is 5.85. The topological polar surface area (TPSA) is 65.0 Å². The Bertz CT molecular complexity index is 904. The summed E-state index contributed by atoms with van der Waals surface area (Å²) in [5.74, 6) is 1.14. The fourth-order valence-corrected chi connectivity index (χ4v) is 3.97. The first kappa shape index (κ1) is 20.3. The molecule has 0 unspecified atom stereocenters. The number of aromatic hydroxyl groups is 1. The molecule has 4 rings (SSSR count). The molecule has 1 amide bonds. The number of fused-ring (bicyclic) bond motifs is 1. The number of carbonyl (C=O) groups excluding carboxylic acids is 1. The van der Waals surface area contributed by atoms with Gasteiger partial charge in [-0.05, 0) is 43.7 Å². The minimum atomic E-state index is -0.0409. The third-order valence-electron chi connectivity index (χ3n) is 5.70. The van der Waals surface area contributed by atoms with Crippen molar-refractivity contribution in [3.8, 4) is 11.5 Å². The lowest BCUT2D eigenvalue weighted by molar-refractivity contribution is -0.117. The number of nitrogens with zero attached hydrogens (tertiary/aromatic N) is 2. The Labute approximate surface area is 177 Å². The van der Waals surface area contributed by atoms with E-state index in [0.29, 0.717) is 24.5 Å². The summed E-state index contributed by atoms with van der Waals surface area (Å²) in [4.78, 5) is 17.1. The smallest absolute Gasteiger partial charge is 0.250 e. The third kappa shape index (κ3) is 4.94. The van der Waals surface area contributed by atoms with Crippen LogP contribution in [0.5, 0.6) is 11.5 Å². The first-order valence-electron chi connectivity index (χ1n) is 10.7. The molecule has 0 aromatic heterocycles. The Morgan fingerprint density at radius 3 is 2.60 bits per heavy atom. The molecule has 2 aromatic carbocycles. The Morgan fingerprint density at radius 2 is 1.77 bits per heavy atom. The summed E-state index contributed by atoms with van der Waals surface area (Å²) < 4.78 is 5.66. The maximum Gasteiger partial charge on any atom is 0.250 e. The van der Waals surface area contributed by atoms with Crippen LogP contribution in [0.3, 0.4) is 0 Å². The number of ether oxygens (including phenoxy) is 1. The first-order valence-corrected chi connectivity index (χ1v) is 10.7. The summed E-state index contributed by atoms with van der Waals surface area (Å²) >= 11 is 0. The Balaban J connectivity index is 1.13. The molecule has 2 aromatic rings. The van der Waals surface area contributed by atoms with Crippen molar-refractivity contribution in [1.82, 2.24) is 10.2 Å². The highest BCUT2D eigenvalue weighted by Gasteiger charge is 2.19. The number of phenols is 1. The highest BCUT2D eigenvalue weighted by molar-refractivity contribution is 5.99. The minimum Gasteiger partial charge on any atom is -0.506 e. The molecule has 6 nitrogen and oxygen atoms in total. The molecule has 158 valence electrons. The third-order valence-corrected chi connectivity index (χ3v) is 5.70. The van der Waals surface area contributed by atoms with Gasteiger partial charge in [0.15, 0.2) is 0 Å². The van der Waals surface area contributed by atoms with Crippen LogP contribution < -0.4 is 15.0 Å². The van der Waals surface area contributed by atoms with Crippen molar-refractivity contribution >= 4 is 17.7 Å². The fourth-order valence-electron chi connectivity index (χ4n) is 3.97. The minimum absolute atomic E-state index is 0.0409. The summed E-state index contributed by atoms with van der Waals surface area (Å²) in [5.41, 5.74) is 2.55. The number of hydrogen-bond donors (Lipinski definition) is 2. The molecule has 2 heterocycles. The summed E-state index contributed by atoms with van der Waals surface area (Å²) in [7, 11) is 0. The van der Waals surface area contributed by atoms with E-state index in [0.717, 1.165) is 62.6 Å². The van der Waals surface area contributed by atoms with Gasteiger partial charge in [0.1, 0.15) is 18.1 Å². The standard InChI is InChI=1S/C24H29N3O3/c28-22-9-3-2-8-21(22)27-15-13-26(14-16-27)12-6-5-11-25-24(29)20-17-19-7-1-4-10-23(19)30-18-20/h1-4,7-10,17,28H,5-6,11-16,18H2,(H,25,29). The molecule has 0 saturated carbocycles. The number of para-hydroxylation sites is 3. The maximum absolute atomic E-state index is 12.4. The van der Waals surface area contributed by atoms with E-state index in [2.05, 4.69) is 15.1 Å². The number of piperazine rings is 1. The SMILES string of the molecule is O=C(NCCCCN1CCN(c2ccccc2O)CC1)C1=Cc2ccccc2OC1.